The van der Waals surface area contributed by atoms with Gasteiger partial charge >= 0.3 is 0 Å². The lowest BCUT2D eigenvalue weighted by molar-refractivity contribution is 0.775. The average Bonchev–Trinajstić information content (AvgIpc) is 3.07. The van der Waals surface area contributed by atoms with Gasteiger partial charge in [0, 0.05) is 59.8 Å². The largest absolute Gasteiger partial charge is 0.357 e. The van der Waals surface area contributed by atoms with Gasteiger partial charge < -0.3 is 9.88 Å². The third-order valence-corrected chi connectivity index (χ3v) is 5.99. The molecule has 0 aliphatic heterocycles. The van der Waals surface area contributed by atoms with Crippen molar-refractivity contribution in [1.82, 2.24) is 15.0 Å². The van der Waals surface area contributed by atoms with Crippen molar-refractivity contribution in [2.24, 2.45) is 0 Å². The first kappa shape index (κ1) is 21.1. The van der Waals surface area contributed by atoms with Crippen molar-refractivity contribution >= 4 is 16.7 Å². The average molecular weight is 415 g/mol. The summed E-state index contributed by atoms with van der Waals surface area (Å²) >= 11 is 0. The van der Waals surface area contributed by atoms with Crippen molar-refractivity contribution in [3.63, 3.8) is 0 Å². The molecule has 4 heteroatoms. The number of nitrogens with one attached hydrogen (secondary N) is 1. The summed E-state index contributed by atoms with van der Waals surface area (Å²) in [4.78, 5) is 15.3. The minimum absolute atomic E-state index is 0. The summed E-state index contributed by atoms with van der Waals surface area (Å²) in [5.41, 5.74) is 10.4. The Kier molecular flexibility index (Phi) is 5.81. The minimum Gasteiger partial charge on any atom is -0.357 e. The number of hydrogen-bond acceptors (Lipinski definition) is 3. The van der Waals surface area contributed by atoms with E-state index in [1.807, 2.05) is 20.0 Å². The summed E-state index contributed by atoms with van der Waals surface area (Å²) in [5.74, 6) is 1.09. The summed E-state index contributed by atoms with van der Waals surface area (Å²) in [6.07, 6.45) is 3.13. The molecular weight excluding hydrogens is 380 g/mol. The van der Waals surface area contributed by atoms with Gasteiger partial charge in [0.05, 0.1) is 0 Å². The van der Waals surface area contributed by atoms with Gasteiger partial charge in [-0.15, -0.1) is 0 Å². The summed E-state index contributed by atoms with van der Waals surface area (Å²) in [6, 6.07) is 13.2. The van der Waals surface area contributed by atoms with Gasteiger partial charge in [0.25, 0.3) is 0 Å². The van der Waals surface area contributed by atoms with Crippen molar-refractivity contribution in [2.45, 2.75) is 48.0 Å². The molecule has 1 aromatic carbocycles. The summed E-state index contributed by atoms with van der Waals surface area (Å²) in [7, 11) is 0. The van der Waals surface area contributed by atoms with Crippen LogP contribution in [-0.2, 0) is 0 Å². The van der Waals surface area contributed by atoms with Crippen LogP contribution >= 0.6 is 0 Å². The van der Waals surface area contributed by atoms with Crippen molar-refractivity contribution in [3.05, 3.63) is 65.1 Å². The molecule has 0 unspecified atom stereocenters. The SMILES string of the molecule is CCCN(CC)c1ncc(-c2ccc3c(C)c(-c4cc(C)nc(C)c4)[nH]c3c2)cc1C.[HH]. The zero-order valence-corrected chi connectivity index (χ0v) is 19.5. The maximum Gasteiger partial charge on any atom is 0.131 e. The number of hydrogen-bond donors (Lipinski definition) is 1. The van der Waals surface area contributed by atoms with Crippen molar-refractivity contribution in [3.8, 4) is 22.4 Å². The predicted molar refractivity (Wildman–Crippen MR) is 134 cm³/mol. The van der Waals surface area contributed by atoms with Gasteiger partial charge in [-0.05, 0) is 82.0 Å². The maximum atomic E-state index is 4.82. The molecule has 0 atom stereocenters. The van der Waals surface area contributed by atoms with E-state index in [9.17, 15) is 0 Å². The van der Waals surface area contributed by atoms with E-state index in [1.54, 1.807) is 0 Å². The molecule has 3 aromatic heterocycles. The topological polar surface area (TPSA) is 44.8 Å². The van der Waals surface area contributed by atoms with Crippen LogP contribution in [0.5, 0.6) is 0 Å². The minimum atomic E-state index is 0. The first-order chi connectivity index (χ1) is 14.9. The molecule has 1 N–H and O–H groups in total. The lowest BCUT2D eigenvalue weighted by atomic mass is 10.0. The second kappa shape index (κ2) is 8.54. The molecule has 0 amide bonds. The number of pyridine rings is 2. The maximum absolute atomic E-state index is 4.82. The zero-order chi connectivity index (χ0) is 22.1. The number of fused-ring (bicyclic) bond motifs is 1. The van der Waals surface area contributed by atoms with Crippen LogP contribution in [0.1, 0.15) is 44.2 Å². The normalized spacial score (nSPS) is 11.3. The van der Waals surface area contributed by atoms with Gasteiger partial charge in [0.1, 0.15) is 5.82 Å². The molecule has 162 valence electrons. The molecular formula is C27H34N4. The fraction of sp³-hybridized carbons (Fsp3) is 0.333. The van der Waals surface area contributed by atoms with Gasteiger partial charge in [0.15, 0.2) is 0 Å². The van der Waals surface area contributed by atoms with Crippen molar-refractivity contribution in [2.75, 3.05) is 18.0 Å². The molecule has 0 spiro atoms. The van der Waals surface area contributed by atoms with Crippen LogP contribution in [0, 0.1) is 27.7 Å². The van der Waals surface area contributed by atoms with Gasteiger partial charge in [0.2, 0.25) is 0 Å². The molecule has 0 aliphatic rings. The zero-order valence-electron chi connectivity index (χ0n) is 19.5. The van der Waals surface area contributed by atoms with Crippen LogP contribution in [0.4, 0.5) is 5.82 Å². The molecule has 0 aliphatic carbocycles. The van der Waals surface area contributed by atoms with Crippen LogP contribution < -0.4 is 4.90 Å². The van der Waals surface area contributed by atoms with E-state index in [0.29, 0.717) is 0 Å². The number of nitrogens with zero attached hydrogens (tertiary/aromatic N) is 3. The number of aryl methyl sites for hydroxylation is 4. The Morgan fingerprint density at radius 3 is 2.29 bits per heavy atom. The van der Waals surface area contributed by atoms with E-state index in [-0.39, 0.29) is 1.43 Å². The van der Waals surface area contributed by atoms with Crippen LogP contribution in [0.25, 0.3) is 33.3 Å². The molecule has 4 aromatic rings. The summed E-state index contributed by atoms with van der Waals surface area (Å²) in [6.45, 7) is 14.9. The third-order valence-electron chi connectivity index (χ3n) is 5.99. The highest BCUT2D eigenvalue weighted by Gasteiger charge is 2.13. The lowest BCUT2D eigenvalue weighted by Crippen LogP contribution is -2.25. The Bertz CT molecular complexity index is 1220. The monoisotopic (exact) mass is 414 g/mol. The molecule has 31 heavy (non-hydrogen) atoms. The standard InChI is InChI=1S/C27H32N4.H2/c1-7-11-31(8-2)27-17(3)12-23(16-28-27)21-9-10-24-20(6)26(30-25(24)15-21)22-13-18(4)29-19(5)14-22;/h9-10,12-16,30H,7-8,11H2,1-6H3;1H. The first-order valence-corrected chi connectivity index (χ1v) is 11.2. The number of H-pyrrole nitrogens is 1. The predicted octanol–water partition coefficient (Wildman–Crippen LogP) is 7.01. The Hall–Kier alpha value is -3.14. The molecule has 0 fully saturated rings. The Morgan fingerprint density at radius 1 is 0.903 bits per heavy atom. The molecule has 4 nitrogen and oxygen atoms in total. The number of aromatic amines is 1. The summed E-state index contributed by atoms with van der Waals surface area (Å²) in [5, 5.41) is 1.26. The molecule has 0 bridgehead atoms. The number of benzene rings is 1. The molecule has 4 rings (SSSR count). The van der Waals surface area contributed by atoms with E-state index in [0.717, 1.165) is 47.8 Å². The molecule has 0 saturated heterocycles. The van der Waals surface area contributed by atoms with E-state index in [1.165, 1.54) is 33.3 Å². The van der Waals surface area contributed by atoms with Gasteiger partial charge in [-0.2, -0.15) is 0 Å². The quantitative estimate of drug-likeness (QED) is 0.369. The lowest BCUT2D eigenvalue weighted by Gasteiger charge is -2.23. The van der Waals surface area contributed by atoms with Crippen LogP contribution in [0.15, 0.2) is 42.6 Å². The highest BCUT2D eigenvalue weighted by Crippen LogP contribution is 2.33. The number of anilines is 1. The molecule has 3 heterocycles. The molecule has 0 radical (unpaired) electrons. The highest BCUT2D eigenvalue weighted by atomic mass is 15.2. The van der Waals surface area contributed by atoms with Gasteiger partial charge in [-0.3, -0.25) is 4.98 Å². The summed E-state index contributed by atoms with van der Waals surface area (Å²) < 4.78 is 0. The Morgan fingerprint density at radius 2 is 1.65 bits per heavy atom. The third kappa shape index (κ3) is 4.07. The van der Waals surface area contributed by atoms with Crippen LogP contribution in [-0.4, -0.2) is 28.0 Å². The van der Waals surface area contributed by atoms with E-state index in [4.69, 9.17) is 4.98 Å². The van der Waals surface area contributed by atoms with Crippen molar-refractivity contribution < 1.29 is 1.43 Å². The fourth-order valence-electron chi connectivity index (χ4n) is 4.53. The van der Waals surface area contributed by atoms with Crippen LogP contribution in [0.2, 0.25) is 0 Å². The van der Waals surface area contributed by atoms with E-state index >= 15 is 0 Å². The van der Waals surface area contributed by atoms with E-state index in [2.05, 4.69) is 79.0 Å². The highest BCUT2D eigenvalue weighted by molar-refractivity contribution is 5.93. The molecule has 0 saturated carbocycles. The first-order valence-electron chi connectivity index (χ1n) is 11.2. The second-order valence-electron chi connectivity index (χ2n) is 8.47. The second-order valence-corrected chi connectivity index (χ2v) is 8.47. The Labute approximate surface area is 186 Å². The number of rotatable bonds is 6. The van der Waals surface area contributed by atoms with E-state index < -0.39 is 0 Å². The van der Waals surface area contributed by atoms with Gasteiger partial charge in [-0.25, -0.2) is 4.98 Å². The Balaban J connectivity index is 0.00000289. The smallest absolute Gasteiger partial charge is 0.131 e. The van der Waals surface area contributed by atoms with Gasteiger partial charge in [-0.1, -0.05) is 19.1 Å². The van der Waals surface area contributed by atoms with Crippen LogP contribution in [0.3, 0.4) is 0 Å². The fourth-order valence-corrected chi connectivity index (χ4v) is 4.53. The number of aromatic nitrogens is 3. The van der Waals surface area contributed by atoms with Crippen molar-refractivity contribution in [1.29, 1.82) is 0 Å².